The van der Waals surface area contributed by atoms with Gasteiger partial charge in [-0.05, 0) is 26.0 Å². The van der Waals surface area contributed by atoms with Crippen LogP contribution in [0.1, 0.15) is 31.0 Å². The van der Waals surface area contributed by atoms with E-state index < -0.39 is 17.9 Å². The number of amides is 1. The molecule has 0 aromatic heterocycles. The molecule has 2 atom stereocenters. The van der Waals surface area contributed by atoms with E-state index in [0.29, 0.717) is 5.96 Å². The lowest BCUT2D eigenvalue weighted by atomic mass is 9.91. The van der Waals surface area contributed by atoms with Crippen LogP contribution in [0.25, 0.3) is 0 Å². The minimum Gasteiger partial charge on any atom is -0.465 e. The van der Waals surface area contributed by atoms with Crippen LogP contribution < -0.4 is 5.32 Å². The van der Waals surface area contributed by atoms with E-state index in [1.165, 1.54) is 0 Å². The molecule has 2 aliphatic heterocycles. The average molecular weight is 372 g/mol. The van der Waals surface area contributed by atoms with E-state index in [1.807, 2.05) is 31.2 Å². The number of nitrogens with one attached hydrogen (secondary N) is 1. The number of piperazine rings is 1. The number of carbonyl (C=O) groups is 2. The minimum atomic E-state index is -0.965. The van der Waals surface area contributed by atoms with Crippen molar-refractivity contribution in [2.45, 2.75) is 26.8 Å². The standard InChI is InChI=1S/C20H28N4O3/c1-4-23-10-12-24(13-11-23)20-21-17(15-8-6-14(3)7-9-15)16(18(25)22-20)19(26)27-5-2/h6-9,16-17H,4-5,10-13H2,1-3H3,(H,21,22,25)/t16-,17+/m1/s1. The van der Waals surface area contributed by atoms with Crippen LogP contribution in [0.15, 0.2) is 29.3 Å². The minimum absolute atomic E-state index is 0.235. The summed E-state index contributed by atoms with van der Waals surface area (Å²) in [4.78, 5) is 34.5. The summed E-state index contributed by atoms with van der Waals surface area (Å²) >= 11 is 0. The Morgan fingerprint density at radius 2 is 1.85 bits per heavy atom. The number of aryl methyl sites for hydroxylation is 1. The van der Waals surface area contributed by atoms with Gasteiger partial charge in [0.1, 0.15) is 6.04 Å². The second-order valence-corrected chi connectivity index (χ2v) is 6.95. The molecule has 0 aliphatic carbocycles. The Kier molecular flexibility index (Phi) is 6.11. The van der Waals surface area contributed by atoms with Gasteiger partial charge in [-0.1, -0.05) is 36.8 Å². The fourth-order valence-corrected chi connectivity index (χ4v) is 3.51. The number of benzene rings is 1. The molecular formula is C20H28N4O3. The Morgan fingerprint density at radius 3 is 2.44 bits per heavy atom. The van der Waals surface area contributed by atoms with Crippen molar-refractivity contribution in [3.05, 3.63) is 35.4 Å². The van der Waals surface area contributed by atoms with E-state index in [4.69, 9.17) is 9.73 Å². The van der Waals surface area contributed by atoms with Crippen LogP contribution >= 0.6 is 0 Å². The summed E-state index contributed by atoms with van der Waals surface area (Å²) in [5, 5.41) is 2.84. The topological polar surface area (TPSA) is 74.2 Å². The number of hydrogen-bond acceptors (Lipinski definition) is 6. The molecule has 2 aliphatic rings. The summed E-state index contributed by atoms with van der Waals surface area (Å²) in [7, 11) is 0. The summed E-state index contributed by atoms with van der Waals surface area (Å²) in [5.41, 5.74) is 1.96. The molecule has 1 saturated heterocycles. The third-order valence-electron chi connectivity index (χ3n) is 5.17. The number of esters is 1. The monoisotopic (exact) mass is 372 g/mol. The molecule has 0 radical (unpaired) electrons. The maximum Gasteiger partial charge on any atom is 0.321 e. The maximum atomic E-state index is 12.8. The Morgan fingerprint density at radius 1 is 1.19 bits per heavy atom. The summed E-state index contributed by atoms with van der Waals surface area (Å²) < 4.78 is 5.15. The van der Waals surface area contributed by atoms with Gasteiger partial charge >= 0.3 is 5.97 Å². The Labute approximate surface area is 160 Å². The van der Waals surface area contributed by atoms with Gasteiger partial charge in [0.25, 0.3) is 0 Å². The van der Waals surface area contributed by atoms with Crippen molar-refractivity contribution in [2.75, 3.05) is 39.3 Å². The van der Waals surface area contributed by atoms with E-state index in [0.717, 1.165) is 43.9 Å². The molecule has 0 unspecified atom stereocenters. The molecule has 0 spiro atoms. The van der Waals surface area contributed by atoms with Crippen molar-refractivity contribution in [3.63, 3.8) is 0 Å². The Bertz CT molecular complexity index is 708. The van der Waals surface area contributed by atoms with Crippen molar-refractivity contribution in [2.24, 2.45) is 10.9 Å². The molecule has 27 heavy (non-hydrogen) atoms. The first-order valence-electron chi connectivity index (χ1n) is 9.62. The van der Waals surface area contributed by atoms with Crippen LogP contribution in [0.2, 0.25) is 0 Å². The number of carbonyl (C=O) groups excluding carboxylic acids is 2. The third-order valence-corrected chi connectivity index (χ3v) is 5.17. The largest absolute Gasteiger partial charge is 0.465 e. The van der Waals surface area contributed by atoms with E-state index >= 15 is 0 Å². The van der Waals surface area contributed by atoms with Crippen LogP contribution in [0, 0.1) is 12.8 Å². The van der Waals surface area contributed by atoms with E-state index in [1.54, 1.807) is 6.92 Å². The first kappa shape index (κ1) is 19.4. The number of ether oxygens (including phenoxy) is 1. The number of likely N-dealkylation sites (N-methyl/N-ethyl adjacent to an activating group) is 1. The molecule has 3 rings (SSSR count). The number of hydrogen-bond donors (Lipinski definition) is 1. The summed E-state index contributed by atoms with van der Waals surface area (Å²) in [6.07, 6.45) is 0. The van der Waals surface area contributed by atoms with Crippen LogP contribution in [0.5, 0.6) is 0 Å². The predicted molar refractivity (Wildman–Crippen MR) is 103 cm³/mol. The first-order chi connectivity index (χ1) is 13.0. The van der Waals surface area contributed by atoms with Gasteiger partial charge in [-0.3, -0.25) is 14.9 Å². The third kappa shape index (κ3) is 4.30. The zero-order chi connectivity index (χ0) is 19.4. The summed E-state index contributed by atoms with van der Waals surface area (Å²) in [6, 6.07) is 7.23. The lowest BCUT2D eigenvalue weighted by Gasteiger charge is -2.38. The summed E-state index contributed by atoms with van der Waals surface area (Å²) in [6.45, 7) is 10.6. The molecule has 1 fully saturated rings. The van der Waals surface area contributed by atoms with Crippen molar-refractivity contribution in [1.29, 1.82) is 0 Å². The van der Waals surface area contributed by atoms with Crippen molar-refractivity contribution >= 4 is 17.8 Å². The van der Waals surface area contributed by atoms with Crippen LogP contribution in [-0.2, 0) is 14.3 Å². The van der Waals surface area contributed by atoms with Gasteiger partial charge in [-0.25, -0.2) is 4.99 Å². The highest BCUT2D eigenvalue weighted by Gasteiger charge is 2.42. The van der Waals surface area contributed by atoms with Gasteiger partial charge in [0.2, 0.25) is 11.9 Å². The average Bonchev–Trinajstić information content (AvgIpc) is 2.68. The van der Waals surface area contributed by atoms with Crippen molar-refractivity contribution < 1.29 is 14.3 Å². The molecule has 0 saturated carbocycles. The zero-order valence-corrected chi connectivity index (χ0v) is 16.3. The van der Waals surface area contributed by atoms with Gasteiger partial charge in [0.05, 0.1) is 6.61 Å². The molecule has 1 N–H and O–H groups in total. The molecule has 7 heteroatoms. The van der Waals surface area contributed by atoms with Gasteiger partial charge in [0.15, 0.2) is 5.92 Å². The van der Waals surface area contributed by atoms with Gasteiger partial charge in [-0.15, -0.1) is 0 Å². The predicted octanol–water partition coefficient (Wildman–Crippen LogP) is 1.34. The second kappa shape index (κ2) is 8.52. The van der Waals surface area contributed by atoms with E-state index in [-0.39, 0.29) is 12.5 Å². The van der Waals surface area contributed by atoms with Crippen molar-refractivity contribution in [3.8, 4) is 0 Å². The quantitative estimate of drug-likeness (QED) is 0.638. The molecule has 1 amide bonds. The van der Waals surface area contributed by atoms with Gasteiger partial charge in [-0.2, -0.15) is 0 Å². The highest BCUT2D eigenvalue weighted by atomic mass is 16.5. The number of guanidine groups is 1. The van der Waals surface area contributed by atoms with E-state index in [2.05, 4.69) is 22.0 Å². The smallest absolute Gasteiger partial charge is 0.321 e. The molecule has 2 heterocycles. The lowest BCUT2D eigenvalue weighted by molar-refractivity contribution is -0.153. The molecule has 146 valence electrons. The fraction of sp³-hybridized carbons (Fsp3) is 0.550. The van der Waals surface area contributed by atoms with Crippen LogP contribution in [0.4, 0.5) is 0 Å². The molecule has 7 nitrogen and oxygen atoms in total. The normalized spacial score (nSPS) is 23.6. The second-order valence-electron chi connectivity index (χ2n) is 6.95. The van der Waals surface area contributed by atoms with Gasteiger partial charge in [0, 0.05) is 26.2 Å². The van der Waals surface area contributed by atoms with Gasteiger partial charge < -0.3 is 14.5 Å². The van der Waals surface area contributed by atoms with E-state index in [9.17, 15) is 9.59 Å². The maximum absolute atomic E-state index is 12.8. The number of aliphatic imine (C=N–C) groups is 1. The molecule has 0 bridgehead atoms. The molecule has 1 aromatic carbocycles. The zero-order valence-electron chi connectivity index (χ0n) is 16.3. The van der Waals surface area contributed by atoms with Crippen molar-refractivity contribution in [1.82, 2.24) is 15.1 Å². The van der Waals surface area contributed by atoms with Crippen LogP contribution in [-0.4, -0.2) is 67.0 Å². The fourth-order valence-electron chi connectivity index (χ4n) is 3.51. The highest BCUT2D eigenvalue weighted by molar-refractivity contribution is 6.08. The summed E-state index contributed by atoms with van der Waals surface area (Å²) in [5.74, 6) is -1.28. The number of rotatable bonds is 4. The first-order valence-corrected chi connectivity index (χ1v) is 9.62. The number of nitrogens with zero attached hydrogens (tertiary/aromatic N) is 3. The Hall–Kier alpha value is -2.41. The highest BCUT2D eigenvalue weighted by Crippen LogP contribution is 2.31. The lowest BCUT2D eigenvalue weighted by Crippen LogP contribution is -2.57. The van der Waals surface area contributed by atoms with Crippen LogP contribution in [0.3, 0.4) is 0 Å². The molecular weight excluding hydrogens is 344 g/mol. The molecule has 1 aromatic rings. The Balaban J connectivity index is 1.90. The SMILES string of the molecule is CCOC(=O)[C@H]1C(=O)NC(N2CCN(CC)CC2)=N[C@H]1c1ccc(C)cc1.